The molecule has 16 heavy (non-hydrogen) atoms. The minimum atomic E-state index is -0.0860. The average Bonchev–Trinajstić information content (AvgIpc) is 2.31. The lowest BCUT2D eigenvalue weighted by atomic mass is 10.00. The molecule has 1 nitrogen and oxygen atoms in total. The van der Waals surface area contributed by atoms with Crippen molar-refractivity contribution in [2.75, 3.05) is 6.61 Å². The second-order valence-corrected chi connectivity index (χ2v) is 5.11. The van der Waals surface area contributed by atoms with Crippen molar-refractivity contribution >= 4 is 11.6 Å². The van der Waals surface area contributed by atoms with Crippen molar-refractivity contribution in [3.63, 3.8) is 0 Å². The van der Waals surface area contributed by atoms with E-state index in [1.54, 1.807) is 0 Å². The topological polar surface area (TPSA) is 9.23 Å². The summed E-state index contributed by atoms with van der Waals surface area (Å²) in [6.07, 6.45) is 7.20. The molecule has 0 saturated heterocycles. The number of alkyl halides is 1. The first-order valence-corrected chi connectivity index (χ1v) is 7.38. The van der Waals surface area contributed by atoms with E-state index in [9.17, 15) is 0 Å². The Kier molecular flexibility index (Phi) is 10.6. The third kappa shape index (κ3) is 6.75. The fourth-order valence-corrected chi connectivity index (χ4v) is 2.25. The molecule has 0 N–H and O–H groups in total. The van der Waals surface area contributed by atoms with E-state index in [1.807, 2.05) is 0 Å². The molecule has 0 heterocycles. The molecule has 0 spiro atoms. The Labute approximate surface area is 107 Å². The molecule has 0 fully saturated rings. The summed E-state index contributed by atoms with van der Waals surface area (Å²) in [4.78, 5) is 0. The molecule has 0 aromatic carbocycles. The van der Waals surface area contributed by atoms with E-state index in [2.05, 4.69) is 27.7 Å². The van der Waals surface area contributed by atoms with Crippen LogP contribution in [0.1, 0.15) is 66.2 Å². The quantitative estimate of drug-likeness (QED) is 0.482. The first-order valence-electron chi connectivity index (χ1n) is 6.95. The van der Waals surface area contributed by atoms with Gasteiger partial charge in [0, 0.05) is 0 Å². The van der Waals surface area contributed by atoms with Crippen LogP contribution in [-0.4, -0.2) is 12.2 Å². The normalized spacial score (nSPS) is 15.4. The van der Waals surface area contributed by atoms with Gasteiger partial charge < -0.3 is 4.74 Å². The molecule has 0 aromatic rings. The van der Waals surface area contributed by atoms with Crippen molar-refractivity contribution in [3.05, 3.63) is 0 Å². The lowest BCUT2D eigenvalue weighted by Crippen LogP contribution is -2.21. The van der Waals surface area contributed by atoms with Crippen molar-refractivity contribution in [1.82, 2.24) is 0 Å². The Morgan fingerprint density at radius 1 is 1.00 bits per heavy atom. The van der Waals surface area contributed by atoms with Gasteiger partial charge in [-0.25, -0.2) is 0 Å². The molecular weight excluding hydrogens is 220 g/mol. The fourth-order valence-electron chi connectivity index (χ4n) is 1.88. The van der Waals surface area contributed by atoms with E-state index in [-0.39, 0.29) is 5.56 Å². The maximum atomic E-state index is 6.32. The van der Waals surface area contributed by atoms with Crippen LogP contribution < -0.4 is 0 Å². The SMILES string of the molecule is CCCCC(CC)C(Cl)OCC(CC)CC. The van der Waals surface area contributed by atoms with Crippen molar-refractivity contribution in [3.8, 4) is 0 Å². The number of unbranched alkanes of at least 4 members (excludes halogenated alkanes) is 1. The minimum Gasteiger partial charge on any atom is -0.362 e. The number of halogens is 1. The van der Waals surface area contributed by atoms with Gasteiger partial charge in [0.25, 0.3) is 0 Å². The van der Waals surface area contributed by atoms with Gasteiger partial charge in [-0.2, -0.15) is 0 Å². The van der Waals surface area contributed by atoms with Gasteiger partial charge in [-0.05, 0) is 24.7 Å². The second kappa shape index (κ2) is 10.4. The van der Waals surface area contributed by atoms with E-state index >= 15 is 0 Å². The highest BCUT2D eigenvalue weighted by Crippen LogP contribution is 2.23. The highest BCUT2D eigenvalue weighted by Gasteiger charge is 2.18. The van der Waals surface area contributed by atoms with E-state index < -0.39 is 0 Å². The van der Waals surface area contributed by atoms with Crippen LogP contribution in [0.5, 0.6) is 0 Å². The summed E-state index contributed by atoms with van der Waals surface area (Å²) in [6.45, 7) is 9.69. The average molecular weight is 249 g/mol. The number of hydrogen-bond acceptors (Lipinski definition) is 1. The van der Waals surface area contributed by atoms with Crippen LogP contribution in [0.15, 0.2) is 0 Å². The Bertz CT molecular complexity index is 146. The van der Waals surface area contributed by atoms with Crippen molar-refractivity contribution < 1.29 is 4.74 Å². The van der Waals surface area contributed by atoms with E-state index in [1.165, 1.54) is 32.1 Å². The Hall–Kier alpha value is 0.250. The van der Waals surface area contributed by atoms with Gasteiger partial charge >= 0.3 is 0 Å². The summed E-state index contributed by atoms with van der Waals surface area (Å²) >= 11 is 6.32. The lowest BCUT2D eigenvalue weighted by Gasteiger charge is -2.23. The molecule has 0 amide bonds. The molecule has 0 bridgehead atoms. The van der Waals surface area contributed by atoms with E-state index in [4.69, 9.17) is 16.3 Å². The molecule has 0 aliphatic rings. The van der Waals surface area contributed by atoms with Gasteiger partial charge in [0.15, 0.2) is 0 Å². The smallest absolute Gasteiger partial charge is 0.133 e. The molecule has 0 aliphatic carbocycles. The minimum absolute atomic E-state index is 0.0860. The van der Waals surface area contributed by atoms with Crippen LogP contribution in [0.2, 0.25) is 0 Å². The molecule has 2 unspecified atom stereocenters. The van der Waals surface area contributed by atoms with Crippen LogP contribution in [0.25, 0.3) is 0 Å². The van der Waals surface area contributed by atoms with Gasteiger partial charge in [-0.3, -0.25) is 0 Å². The Morgan fingerprint density at radius 3 is 2.06 bits per heavy atom. The monoisotopic (exact) mass is 248 g/mol. The largest absolute Gasteiger partial charge is 0.362 e. The molecule has 0 saturated carbocycles. The van der Waals surface area contributed by atoms with Gasteiger partial charge in [0.05, 0.1) is 6.61 Å². The molecule has 0 aliphatic heterocycles. The van der Waals surface area contributed by atoms with Crippen LogP contribution in [0.4, 0.5) is 0 Å². The van der Waals surface area contributed by atoms with Crippen molar-refractivity contribution in [2.45, 2.75) is 71.8 Å². The number of ether oxygens (including phenoxy) is 1. The summed E-state index contributed by atoms with van der Waals surface area (Å²) in [5, 5.41) is 0. The molecule has 2 atom stereocenters. The molecule has 0 rings (SSSR count). The Balaban J connectivity index is 3.85. The van der Waals surface area contributed by atoms with Crippen LogP contribution in [0, 0.1) is 11.8 Å². The molecule has 98 valence electrons. The molecule has 0 radical (unpaired) electrons. The van der Waals surface area contributed by atoms with Gasteiger partial charge in [0.2, 0.25) is 0 Å². The summed E-state index contributed by atoms with van der Waals surface area (Å²) in [5.74, 6) is 1.20. The predicted octanol–water partition coefficient (Wildman–Crippen LogP) is 5.22. The van der Waals surface area contributed by atoms with Crippen LogP contribution >= 0.6 is 11.6 Å². The van der Waals surface area contributed by atoms with Gasteiger partial charge in [0.1, 0.15) is 5.56 Å². The number of hydrogen-bond donors (Lipinski definition) is 0. The third-order valence-corrected chi connectivity index (χ3v) is 3.95. The summed E-state index contributed by atoms with van der Waals surface area (Å²) in [5.41, 5.74) is -0.0860. The zero-order valence-corrected chi connectivity index (χ0v) is 12.2. The van der Waals surface area contributed by atoms with Gasteiger partial charge in [-0.1, -0.05) is 65.0 Å². The molecule has 0 aromatic heterocycles. The lowest BCUT2D eigenvalue weighted by molar-refractivity contribution is 0.0372. The zero-order valence-electron chi connectivity index (χ0n) is 11.5. The summed E-state index contributed by atoms with van der Waals surface area (Å²) in [7, 11) is 0. The second-order valence-electron chi connectivity index (χ2n) is 4.68. The standard InChI is InChI=1S/C14H29ClO/c1-5-9-10-13(8-4)14(15)16-11-12(6-2)7-3/h12-14H,5-11H2,1-4H3. The molecule has 2 heteroatoms. The maximum Gasteiger partial charge on any atom is 0.133 e. The number of rotatable bonds is 10. The zero-order chi connectivity index (χ0) is 12.4. The highest BCUT2D eigenvalue weighted by molar-refractivity contribution is 6.19. The van der Waals surface area contributed by atoms with E-state index in [0.29, 0.717) is 11.8 Å². The van der Waals surface area contributed by atoms with E-state index in [0.717, 1.165) is 13.0 Å². The fraction of sp³-hybridized carbons (Fsp3) is 1.00. The Morgan fingerprint density at radius 2 is 1.62 bits per heavy atom. The van der Waals surface area contributed by atoms with Crippen LogP contribution in [0.3, 0.4) is 0 Å². The first kappa shape index (κ1) is 16.2. The first-order chi connectivity index (χ1) is 7.69. The molecular formula is C14H29ClO. The summed E-state index contributed by atoms with van der Waals surface area (Å²) < 4.78 is 5.80. The summed E-state index contributed by atoms with van der Waals surface area (Å²) in [6, 6.07) is 0. The predicted molar refractivity (Wildman–Crippen MR) is 73.0 cm³/mol. The third-order valence-electron chi connectivity index (χ3n) is 3.47. The maximum absolute atomic E-state index is 6.32. The highest BCUT2D eigenvalue weighted by atomic mass is 35.5. The van der Waals surface area contributed by atoms with Crippen molar-refractivity contribution in [1.29, 1.82) is 0 Å². The van der Waals surface area contributed by atoms with Crippen LogP contribution in [-0.2, 0) is 4.74 Å². The van der Waals surface area contributed by atoms with Crippen molar-refractivity contribution in [2.24, 2.45) is 11.8 Å². The van der Waals surface area contributed by atoms with Gasteiger partial charge in [-0.15, -0.1) is 0 Å².